The molecule has 1 aromatic heterocycles. The Morgan fingerprint density at radius 3 is 2.35 bits per heavy atom. The molecule has 0 amide bonds. The molecule has 0 aliphatic carbocycles. The third-order valence-corrected chi connectivity index (χ3v) is 3.30. The second-order valence-electron chi connectivity index (χ2n) is 4.34. The van der Waals surface area contributed by atoms with Crippen LogP contribution in [0.15, 0.2) is 54.6 Å². The van der Waals surface area contributed by atoms with Crippen LogP contribution in [-0.4, -0.2) is 15.0 Å². The van der Waals surface area contributed by atoms with Crippen molar-refractivity contribution in [2.75, 3.05) is 0 Å². The molecule has 0 aliphatic rings. The van der Waals surface area contributed by atoms with E-state index in [1.165, 1.54) is 0 Å². The van der Waals surface area contributed by atoms with E-state index in [-0.39, 0.29) is 0 Å². The summed E-state index contributed by atoms with van der Waals surface area (Å²) in [7, 11) is 0. The fourth-order valence-electron chi connectivity index (χ4n) is 2.10. The molecule has 0 spiro atoms. The van der Waals surface area contributed by atoms with Gasteiger partial charge in [-0.1, -0.05) is 47.1 Å². The summed E-state index contributed by atoms with van der Waals surface area (Å²) in [5.74, 6) is 0. The van der Waals surface area contributed by atoms with E-state index in [1.807, 2.05) is 54.6 Å². The molecule has 4 nitrogen and oxygen atoms in total. The van der Waals surface area contributed by atoms with Gasteiger partial charge in [-0.05, 0) is 24.3 Å². The summed E-state index contributed by atoms with van der Waals surface area (Å²) >= 11 is 5.94. The van der Waals surface area contributed by atoms with Gasteiger partial charge >= 0.3 is 0 Å². The molecule has 3 rings (SSSR count). The summed E-state index contributed by atoms with van der Waals surface area (Å²) in [6, 6.07) is 17.4. The molecule has 0 bridgehead atoms. The van der Waals surface area contributed by atoms with Crippen LogP contribution >= 0.6 is 11.6 Å². The predicted molar refractivity (Wildman–Crippen MR) is 79.7 cm³/mol. The minimum Gasteiger partial charge on any atom is -0.325 e. The zero-order valence-electron chi connectivity index (χ0n) is 10.7. The number of hydrogen-bond donors (Lipinski definition) is 1. The van der Waals surface area contributed by atoms with Crippen molar-refractivity contribution in [1.29, 1.82) is 0 Å². The van der Waals surface area contributed by atoms with Gasteiger partial charge in [-0.3, -0.25) is 0 Å². The van der Waals surface area contributed by atoms with Gasteiger partial charge < -0.3 is 5.73 Å². The van der Waals surface area contributed by atoms with Crippen molar-refractivity contribution in [3.8, 4) is 16.9 Å². The Kier molecular flexibility index (Phi) is 3.50. The van der Waals surface area contributed by atoms with Gasteiger partial charge in [-0.15, -0.1) is 5.10 Å². The minimum atomic E-state index is 0.338. The number of hydrogen-bond acceptors (Lipinski definition) is 3. The molecule has 3 aromatic rings. The van der Waals surface area contributed by atoms with Gasteiger partial charge in [0, 0.05) is 17.1 Å². The first-order valence-corrected chi connectivity index (χ1v) is 6.63. The normalized spacial score (nSPS) is 10.7. The van der Waals surface area contributed by atoms with Crippen LogP contribution in [0.25, 0.3) is 16.9 Å². The first-order valence-electron chi connectivity index (χ1n) is 6.25. The van der Waals surface area contributed by atoms with Crippen LogP contribution in [0.2, 0.25) is 5.02 Å². The van der Waals surface area contributed by atoms with Crippen LogP contribution in [0.4, 0.5) is 0 Å². The van der Waals surface area contributed by atoms with Crippen LogP contribution in [0.3, 0.4) is 0 Å². The molecule has 100 valence electrons. The van der Waals surface area contributed by atoms with Gasteiger partial charge in [-0.25, -0.2) is 4.68 Å². The van der Waals surface area contributed by atoms with Gasteiger partial charge in [-0.2, -0.15) is 0 Å². The zero-order chi connectivity index (χ0) is 13.9. The van der Waals surface area contributed by atoms with E-state index >= 15 is 0 Å². The monoisotopic (exact) mass is 284 g/mol. The molecule has 0 unspecified atom stereocenters. The first kappa shape index (κ1) is 12.8. The summed E-state index contributed by atoms with van der Waals surface area (Å²) < 4.78 is 1.80. The molecular formula is C15H13ClN4. The maximum atomic E-state index is 5.94. The lowest BCUT2D eigenvalue weighted by Gasteiger charge is -2.08. The van der Waals surface area contributed by atoms with E-state index < -0.39 is 0 Å². The maximum absolute atomic E-state index is 5.94. The summed E-state index contributed by atoms with van der Waals surface area (Å²) in [5, 5.41) is 9.07. The van der Waals surface area contributed by atoms with Crippen molar-refractivity contribution < 1.29 is 0 Å². The third kappa shape index (κ3) is 2.31. The summed E-state index contributed by atoms with van der Waals surface area (Å²) in [4.78, 5) is 0. The van der Waals surface area contributed by atoms with Gasteiger partial charge in [0.05, 0.1) is 11.4 Å². The third-order valence-electron chi connectivity index (χ3n) is 3.05. The van der Waals surface area contributed by atoms with E-state index in [2.05, 4.69) is 10.3 Å². The highest BCUT2D eigenvalue weighted by atomic mass is 35.5. The number of halogens is 1. The van der Waals surface area contributed by atoms with Crippen LogP contribution in [0.1, 0.15) is 5.69 Å². The van der Waals surface area contributed by atoms with Crippen molar-refractivity contribution in [3.05, 3.63) is 65.3 Å². The van der Waals surface area contributed by atoms with Crippen LogP contribution in [-0.2, 0) is 6.54 Å². The molecule has 0 saturated heterocycles. The van der Waals surface area contributed by atoms with Crippen LogP contribution in [0.5, 0.6) is 0 Å². The summed E-state index contributed by atoms with van der Waals surface area (Å²) in [6.45, 7) is 0.338. The van der Waals surface area contributed by atoms with Crippen molar-refractivity contribution in [2.24, 2.45) is 5.73 Å². The van der Waals surface area contributed by atoms with Gasteiger partial charge in [0.15, 0.2) is 0 Å². The molecule has 0 radical (unpaired) electrons. The van der Waals surface area contributed by atoms with Gasteiger partial charge in [0.1, 0.15) is 5.69 Å². The lowest BCUT2D eigenvalue weighted by atomic mass is 10.1. The van der Waals surface area contributed by atoms with E-state index in [9.17, 15) is 0 Å². The van der Waals surface area contributed by atoms with E-state index in [0.29, 0.717) is 11.6 Å². The Labute approximate surface area is 121 Å². The first-order chi connectivity index (χ1) is 9.79. The van der Waals surface area contributed by atoms with Crippen molar-refractivity contribution >= 4 is 11.6 Å². The molecule has 1 heterocycles. The number of nitrogens with zero attached hydrogens (tertiary/aromatic N) is 3. The molecule has 0 fully saturated rings. The Morgan fingerprint density at radius 1 is 1.00 bits per heavy atom. The highest BCUT2D eigenvalue weighted by Crippen LogP contribution is 2.26. The lowest BCUT2D eigenvalue weighted by Crippen LogP contribution is -2.02. The van der Waals surface area contributed by atoms with Gasteiger partial charge in [0.25, 0.3) is 0 Å². The number of aromatic nitrogens is 3. The molecule has 2 aromatic carbocycles. The molecule has 0 aliphatic heterocycles. The fraction of sp³-hybridized carbons (Fsp3) is 0.0667. The van der Waals surface area contributed by atoms with Crippen molar-refractivity contribution in [2.45, 2.75) is 6.54 Å². The Balaban J connectivity index is 2.18. The van der Waals surface area contributed by atoms with Gasteiger partial charge in [0.2, 0.25) is 0 Å². The Morgan fingerprint density at radius 2 is 1.70 bits per heavy atom. The average molecular weight is 285 g/mol. The number of nitrogens with two attached hydrogens (primary N) is 1. The minimum absolute atomic E-state index is 0.338. The van der Waals surface area contributed by atoms with Crippen LogP contribution < -0.4 is 5.73 Å². The molecule has 5 heteroatoms. The largest absolute Gasteiger partial charge is 0.325 e. The average Bonchev–Trinajstić information content (AvgIpc) is 2.93. The number of benzene rings is 2. The molecule has 20 heavy (non-hydrogen) atoms. The van der Waals surface area contributed by atoms with Crippen molar-refractivity contribution in [3.63, 3.8) is 0 Å². The molecule has 0 atom stereocenters. The smallest absolute Gasteiger partial charge is 0.105 e. The topological polar surface area (TPSA) is 56.7 Å². The SMILES string of the molecule is NCc1nnn(-c2ccccc2)c1-c1ccc(Cl)cc1. The highest BCUT2D eigenvalue weighted by molar-refractivity contribution is 6.30. The summed E-state index contributed by atoms with van der Waals surface area (Å²) in [6.07, 6.45) is 0. The second-order valence-corrected chi connectivity index (χ2v) is 4.78. The van der Waals surface area contributed by atoms with Crippen molar-refractivity contribution in [1.82, 2.24) is 15.0 Å². The maximum Gasteiger partial charge on any atom is 0.105 e. The Hall–Kier alpha value is -2.17. The predicted octanol–water partition coefficient (Wildman–Crippen LogP) is 3.05. The highest BCUT2D eigenvalue weighted by Gasteiger charge is 2.14. The lowest BCUT2D eigenvalue weighted by molar-refractivity contribution is 0.800. The van der Waals surface area contributed by atoms with E-state index in [0.717, 1.165) is 22.6 Å². The summed E-state index contributed by atoms with van der Waals surface area (Å²) in [5.41, 5.74) is 9.36. The number of para-hydroxylation sites is 1. The quantitative estimate of drug-likeness (QED) is 0.804. The number of rotatable bonds is 3. The molecular weight excluding hydrogens is 272 g/mol. The second kappa shape index (κ2) is 5.45. The standard InChI is InChI=1S/C15H13ClN4/c16-12-8-6-11(7-9-12)15-14(10-17)18-19-20(15)13-4-2-1-3-5-13/h1-9H,10,17H2. The fourth-order valence-corrected chi connectivity index (χ4v) is 2.22. The molecule has 0 saturated carbocycles. The molecule has 2 N–H and O–H groups in total. The zero-order valence-corrected chi connectivity index (χ0v) is 11.5. The van der Waals surface area contributed by atoms with E-state index in [4.69, 9.17) is 17.3 Å². The van der Waals surface area contributed by atoms with E-state index in [1.54, 1.807) is 4.68 Å². The van der Waals surface area contributed by atoms with Crippen LogP contribution in [0, 0.1) is 0 Å². The Bertz CT molecular complexity index is 704.